The van der Waals surface area contributed by atoms with Gasteiger partial charge in [-0.25, -0.2) is 5.43 Å². The Hall–Kier alpha value is -4.13. The third-order valence-electron chi connectivity index (χ3n) is 9.11. The van der Waals surface area contributed by atoms with E-state index >= 15 is 0 Å². The van der Waals surface area contributed by atoms with E-state index in [4.69, 9.17) is 9.47 Å². The molecule has 7 nitrogen and oxygen atoms in total. The molecule has 0 spiro atoms. The second kappa shape index (κ2) is 12.0. The zero-order valence-corrected chi connectivity index (χ0v) is 24.4. The van der Waals surface area contributed by atoms with Gasteiger partial charge < -0.3 is 14.8 Å². The molecular formula is C35H39N3O4. The molecule has 0 heterocycles. The number of nitrogens with zero attached hydrogens (tertiary/aromatic N) is 1. The summed E-state index contributed by atoms with van der Waals surface area (Å²) >= 11 is 0. The maximum atomic E-state index is 12.7. The van der Waals surface area contributed by atoms with Crippen molar-refractivity contribution in [2.45, 2.75) is 57.8 Å². The molecule has 3 aromatic carbocycles. The van der Waals surface area contributed by atoms with E-state index < -0.39 is 0 Å². The second-order valence-electron chi connectivity index (χ2n) is 12.3. The van der Waals surface area contributed by atoms with Crippen LogP contribution in [0.3, 0.4) is 0 Å². The van der Waals surface area contributed by atoms with Crippen molar-refractivity contribution in [3.63, 3.8) is 0 Å². The molecule has 7 rings (SSSR count). The number of rotatable bonds is 10. The summed E-state index contributed by atoms with van der Waals surface area (Å²) in [4.78, 5) is 25.1. The molecule has 0 aliphatic heterocycles. The van der Waals surface area contributed by atoms with E-state index in [0.29, 0.717) is 29.1 Å². The molecular weight excluding hydrogens is 526 g/mol. The summed E-state index contributed by atoms with van der Waals surface area (Å²) in [7, 11) is 0. The first-order valence-electron chi connectivity index (χ1n) is 15.1. The van der Waals surface area contributed by atoms with E-state index in [9.17, 15) is 9.59 Å². The van der Waals surface area contributed by atoms with Crippen LogP contribution in [0.1, 0.15) is 72.5 Å². The monoisotopic (exact) mass is 565 g/mol. The van der Waals surface area contributed by atoms with Gasteiger partial charge in [0.05, 0.1) is 12.8 Å². The maximum Gasteiger partial charge on any atom is 0.271 e. The van der Waals surface area contributed by atoms with Crippen molar-refractivity contribution in [2.24, 2.45) is 22.9 Å². The molecule has 3 aromatic rings. The molecule has 4 bridgehead atoms. The van der Waals surface area contributed by atoms with E-state index in [2.05, 4.69) is 28.0 Å². The van der Waals surface area contributed by atoms with Crippen LogP contribution in [-0.2, 0) is 10.2 Å². The number of carbonyl (C=O) groups is 2. The van der Waals surface area contributed by atoms with Crippen LogP contribution in [0.4, 0.5) is 5.69 Å². The highest BCUT2D eigenvalue weighted by molar-refractivity contribution is 5.95. The summed E-state index contributed by atoms with van der Waals surface area (Å²) in [5.41, 5.74) is 7.38. The number of benzene rings is 3. The van der Waals surface area contributed by atoms with Crippen LogP contribution in [0.5, 0.6) is 11.5 Å². The van der Waals surface area contributed by atoms with Crippen molar-refractivity contribution in [2.75, 3.05) is 18.5 Å². The Morgan fingerprint density at radius 2 is 1.62 bits per heavy atom. The Kier molecular flexibility index (Phi) is 8.00. The van der Waals surface area contributed by atoms with Crippen molar-refractivity contribution in [3.05, 3.63) is 89.0 Å². The summed E-state index contributed by atoms with van der Waals surface area (Å²) in [5, 5.41) is 7.04. The van der Waals surface area contributed by atoms with Gasteiger partial charge in [0.2, 0.25) is 0 Å². The standard InChI is InChI=1S/C35H39N3O4/c1-3-41-32-17-24(21-36-38-34(40)28-6-4-5-23(2)13-28)7-12-31(32)42-22-33(39)37-30-10-8-29(9-11-30)35-18-25-14-26(19-35)16-27(15-25)20-35/h4-13,17,21,25-27H,3,14-16,18-20,22H2,1-2H3,(H,37,39)(H,38,40)/b36-21+. The van der Waals surface area contributed by atoms with E-state index in [1.807, 2.05) is 38.1 Å². The fourth-order valence-corrected chi connectivity index (χ4v) is 7.72. The van der Waals surface area contributed by atoms with Gasteiger partial charge in [-0.3, -0.25) is 9.59 Å². The molecule has 0 atom stereocenters. The second-order valence-corrected chi connectivity index (χ2v) is 12.3. The number of anilines is 1. The van der Waals surface area contributed by atoms with Crippen molar-refractivity contribution >= 4 is 23.7 Å². The fraction of sp³-hybridized carbons (Fsp3) is 0.400. The first-order chi connectivity index (χ1) is 20.4. The summed E-state index contributed by atoms with van der Waals surface area (Å²) in [5.74, 6) is 3.16. The predicted octanol–water partition coefficient (Wildman–Crippen LogP) is 6.64. The summed E-state index contributed by atoms with van der Waals surface area (Å²) < 4.78 is 11.6. The Balaban J connectivity index is 1.03. The maximum absolute atomic E-state index is 12.7. The van der Waals surface area contributed by atoms with Gasteiger partial charge in [-0.2, -0.15) is 5.10 Å². The molecule has 42 heavy (non-hydrogen) atoms. The van der Waals surface area contributed by atoms with Crippen molar-refractivity contribution in [1.82, 2.24) is 5.43 Å². The lowest BCUT2D eigenvalue weighted by atomic mass is 9.48. The number of hydrazone groups is 1. The molecule has 4 aliphatic carbocycles. The molecule has 2 N–H and O–H groups in total. The van der Waals surface area contributed by atoms with Gasteiger partial charge in [0.25, 0.3) is 11.8 Å². The van der Waals surface area contributed by atoms with Crippen molar-refractivity contribution in [1.29, 1.82) is 0 Å². The largest absolute Gasteiger partial charge is 0.490 e. The van der Waals surface area contributed by atoms with Crippen LogP contribution in [0, 0.1) is 24.7 Å². The number of ether oxygens (including phenoxy) is 2. The van der Waals surface area contributed by atoms with Crippen LogP contribution < -0.4 is 20.2 Å². The smallest absolute Gasteiger partial charge is 0.271 e. The summed E-state index contributed by atoms with van der Waals surface area (Å²) in [6.07, 6.45) is 9.82. The SMILES string of the molecule is CCOc1cc(/C=N/NC(=O)c2cccc(C)c2)ccc1OCC(=O)Nc1ccc(C23CC4CC(CC(C4)C2)C3)cc1. The number of hydrogen-bond acceptors (Lipinski definition) is 5. The summed E-state index contributed by atoms with van der Waals surface area (Å²) in [6, 6.07) is 21.1. The average Bonchev–Trinajstić information content (AvgIpc) is 2.96. The molecule has 0 radical (unpaired) electrons. The highest BCUT2D eigenvalue weighted by atomic mass is 16.5. The van der Waals surface area contributed by atoms with E-state index in [1.54, 1.807) is 36.5 Å². The van der Waals surface area contributed by atoms with Crippen LogP contribution >= 0.6 is 0 Å². The van der Waals surface area contributed by atoms with Gasteiger partial charge >= 0.3 is 0 Å². The molecule has 0 aromatic heterocycles. The third-order valence-corrected chi connectivity index (χ3v) is 9.11. The lowest BCUT2D eigenvalue weighted by molar-refractivity contribution is -0.118. The molecule has 2 amide bonds. The topological polar surface area (TPSA) is 89.0 Å². The molecule has 4 saturated carbocycles. The van der Waals surface area contributed by atoms with E-state index in [-0.39, 0.29) is 18.4 Å². The predicted molar refractivity (Wildman–Crippen MR) is 164 cm³/mol. The highest BCUT2D eigenvalue weighted by Gasteiger charge is 2.51. The normalized spacial score (nSPS) is 24.0. The molecule has 218 valence electrons. The third kappa shape index (κ3) is 6.20. The Morgan fingerprint density at radius 3 is 2.29 bits per heavy atom. The molecule has 0 saturated heterocycles. The molecule has 0 unspecified atom stereocenters. The van der Waals surface area contributed by atoms with Gasteiger partial charge in [0.1, 0.15) is 0 Å². The quantitative estimate of drug-likeness (QED) is 0.213. The minimum atomic E-state index is -0.284. The van der Waals surface area contributed by atoms with Crippen LogP contribution in [0.2, 0.25) is 0 Å². The number of aryl methyl sites for hydroxylation is 1. The molecule has 4 fully saturated rings. The zero-order valence-electron chi connectivity index (χ0n) is 24.4. The lowest BCUT2D eigenvalue weighted by Crippen LogP contribution is -2.48. The fourth-order valence-electron chi connectivity index (χ4n) is 7.72. The van der Waals surface area contributed by atoms with E-state index in [1.165, 1.54) is 44.1 Å². The number of nitrogens with one attached hydrogen (secondary N) is 2. The zero-order chi connectivity index (χ0) is 29.1. The van der Waals surface area contributed by atoms with Crippen molar-refractivity contribution in [3.8, 4) is 11.5 Å². The lowest BCUT2D eigenvalue weighted by Gasteiger charge is -2.57. The average molecular weight is 566 g/mol. The number of amides is 2. The Labute approximate surface area is 247 Å². The number of carbonyl (C=O) groups excluding carboxylic acids is 2. The van der Waals surface area contributed by atoms with Gasteiger partial charge in [0.15, 0.2) is 18.1 Å². The first-order valence-corrected chi connectivity index (χ1v) is 15.1. The highest BCUT2D eigenvalue weighted by Crippen LogP contribution is 2.60. The van der Waals surface area contributed by atoms with Gasteiger partial charge in [-0.15, -0.1) is 0 Å². The Bertz CT molecular complexity index is 1440. The first kappa shape index (κ1) is 28.0. The van der Waals surface area contributed by atoms with Crippen molar-refractivity contribution < 1.29 is 19.1 Å². The molecule has 4 aliphatic rings. The number of hydrogen-bond donors (Lipinski definition) is 2. The van der Waals surface area contributed by atoms with Gasteiger partial charge in [-0.1, -0.05) is 29.8 Å². The minimum Gasteiger partial charge on any atom is -0.490 e. The van der Waals surface area contributed by atoms with Gasteiger partial charge in [-0.05, 0) is 129 Å². The van der Waals surface area contributed by atoms with Crippen LogP contribution in [0.15, 0.2) is 71.8 Å². The molecule has 7 heteroatoms. The van der Waals surface area contributed by atoms with Gasteiger partial charge in [0, 0.05) is 11.3 Å². The minimum absolute atomic E-state index is 0.142. The Morgan fingerprint density at radius 1 is 0.905 bits per heavy atom. The van der Waals surface area contributed by atoms with E-state index in [0.717, 1.165) is 34.6 Å². The summed E-state index contributed by atoms with van der Waals surface area (Å²) in [6.45, 7) is 4.11. The van der Waals surface area contributed by atoms with Crippen LogP contribution in [-0.4, -0.2) is 31.2 Å². The van der Waals surface area contributed by atoms with Crippen LogP contribution in [0.25, 0.3) is 0 Å².